The topological polar surface area (TPSA) is 136 Å². The fourth-order valence-corrected chi connectivity index (χ4v) is 3.62. The Kier molecular flexibility index (Phi) is 6.81. The van der Waals surface area contributed by atoms with Crippen LogP contribution in [0.2, 0.25) is 0 Å². The summed E-state index contributed by atoms with van der Waals surface area (Å²) in [6, 6.07) is 15.1. The van der Waals surface area contributed by atoms with E-state index >= 15 is 0 Å². The molecule has 4 rings (SSSR count). The SMILES string of the molecule is CO[C@H](/C=C/C(=O)NO)[C@H](OC(=O)Nc1ccc2c(c1)OCO2)c1ccc(O)c2ccccc12. The zero-order chi connectivity index (χ0) is 24.1. The molecule has 0 bridgehead atoms. The van der Waals surface area contributed by atoms with Gasteiger partial charge in [-0.3, -0.25) is 15.3 Å². The number of aromatic hydroxyl groups is 1. The maximum Gasteiger partial charge on any atom is 0.412 e. The largest absolute Gasteiger partial charge is 0.507 e. The van der Waals surface area contributed by atoms with Gasteiger partial charge in [0.15, 0.2) is 17.6 Å². The molecule has 10 heteroatoms. The van der Waals surface area contributed by atoms with Gasteiger partial charge in [-0.1, -0.05) is 30.3 Å². The Labute approximate surface area is 194 Å². The molecule has 2 amide bonds. The van der Waals surface area contributed by atoms with Gasteiger partial charge in [-0.25, -0.2) is 10.3 Å². The van der Waals surface area contributed by atoms with Crippen LogP contribution in [0, 0.1) is 0 Å². The second-order valence-electron chi connectivity index (χ2n) is 7.27. The molecular weight excluding hydrogens is 444 g/mol. The average molecular weight is 466 g/mol. The highest BCUT2D eigenvalue weighted by Crippen LogP contribution is 2.36. The summed E-state index contributed by atoms with van der Waals surface area (Å²) in [5.41, 5.74) is 2.46. The van der Waals surface area contributed by atoms with Gasteiger partial charge in [0.25, 0.3) is 5.91 Å². The Morgan fingerprint density at radius 2 is 1.82 bits per heavy atom. The Hall–Kier alpha value is -4.28. The predicted molar refractivity (Wildman–Crippen MR) is 121 cm³/mol. The lowest BCUT2D eigenvalue weighted by Gasteiger charge is -2.25. The number of nitrogens with one attached hydrogen (secondary N) is 2. The fourth-order valence-electron chi connectivity index (χ4n) is 3.62. The van der Waals surface area contributed by atoms with Crippen molar-refractivity contribution in [3.63, 3.8) is 0 Å². The minimum absolute atomic E-state index is 0.0621. The number of rotatable bonds is 7. The lowest BCUT2D eigenvalue weighted by molar-refractivity contribution is -0.124. The second-order valence-corrected chi connectivity index (χ2v) is 7.27. The van der Waals surface area contributed by atoms with Crippen LogP contribution in [0.5, 0.6) is 17.2 Å². The number of carbonyl (C=O) groups excluding carboxylic acids is 2. The van der Waals surface area contributed by atoms with E-state index in [0.717, 1.165) is 6.08 Å². The summed E-state index contributed by atoms with van der Waals surface area (Å²) in [6.45, 7) is 0.0997. The van der Waals surface area contributed by atoms with Crippen LogP contribution in [-0.2, 0) is 14.3 Å². The molecule has 3 aromatic rings. The number of carbonyl (C=O) groups is 2. The van der Waals surface area contributed by atoms with E-state index < -0.39 is 24.2 Å². The monoisotopic (exact) mass is 466 g/mol. The summed E-state index contributed by atoms with van der Waals surface area (Å²) in [4.78, 5) is 24.4. The standard InChI is InChI=1S/C24H22N2O8/c1-31-20(10-11-22(28)26-30)23(17-7-8-18(27)16-5-3-2-4-15(16)17)34-24(29)25-14-6-9-19-21(12-14)33-13-32-19/h2-12,20,23,27,30H,13H2,1H3,(H,25,29)(H,26,28)/b11-10+/t20-,23-/m1/s1. The van der Waals surface area contributed by atoms with E-state index in [-0.39, 0.29) is 12.5 Å². The maximum atomic E-state index is 12.9. The number of methoxy groups -OCH3 is 1. The van der Waals surface area contributed by atoms with Crippen molar-refractivity contribution in [1.82, 2.24) is 5.48 Å². The van der Waals surface area contributed by atoms with Crippen LogP contribution in [0.4, 0.5) is 10.5 Å². The number of phenols is 1. The zero-order valence-corrected chi connectivity index (χ0v) is 18.1. The van der Waals surface area contributed by atoms with Gasteiger partial charge in [0.1, 0.15) is 11.9 Å². The first-order valence-electron chi connectivity index (χ1n) is 10.2. The lowest BCUT2D eigenvalue weighted by atomic mass is 9.96. The molecule has 0 saturated heterocycles. The van der Waals surface area contributed by atoms with Crippen LogP contribution in [0.15, 0.2) is 66.7 Å². The second kappa shape index (κ2) is 10.1. The van der Waals surface area contributed by atoms with Crippen LogP contribution in [-0.4, -0.2) is 42.3 Å². The van der Waals surface area contributed by atoms with Crippen molar-refractivity contribution < 1.29 is 38.9 Å². The number of hydrogen-bond acceptors (Lipinski definition) is 8. The highest BCUT2D eigenvalue weighted by molar-refractivity contribution is 5.92. The number of fused-ring (bicyclic) bond motifs is 2. The predicted octanol–water partition coefficient (Wildman–Crippen LogP) is 3.64. The molecule has 0 unspecified atom stereocenters. The maximum absolute atomic E-state index is 12.9. The highest BCUT2D eigenvalue weighted by Gasteiger charge is 2.28. The van der Waals surface area contributed by atoms with Gasteiger partial charge in [0, 0.05) is 35.9 Å². The molecule has 176 valence electrons. The Morgan fingerprint density at radius 1 is 1.06 bits per heavy atom. The van der Waals surface area contributed by atoms with E-state index in [0.29, 0.717) is 33.5 Å². The van der Waals surface area contributed by atoms with Crippen LogP contribution < -0.4 is 20.3 Å². The quantitative estimate of drug-likeness (QED) is 0.235. The highest BCUT2D eigenvalue weighted by atomic mass is 16.7. The van der Waals surface area contributed by atoms with Crippen molar-refractivity contribution in [3.8, 4) is 17.2 Å². The van der Waals surface area contributed by atoms with Crippen molar-refractivity contribution in [2.24, 2.45) is 0 Å². The number of phenolic OH excluding ortho intramolecular Hbond substituents is 1. The van der Waals surface area contributed by atoms with E-state index in [4.69, 9.17) is 24.2 Å². The van der Waals surface area contributed by atoms with Crippen LogP contribution in [0.25, 0.3) is 10.8 Å². The van der Waals surface area contributed by atoms with E-state index in [1.165, 1.54) is 24.7 Å². The molecule has 1 aliphatic rings. The number of hydroxylamine groups is 1. The van der Waals surface area contributed by atoms with Crippen LogP contribution >= 0.6 is 0 Å². The number of anilines is 1. The molecule has 10 nitrogen and oxygen atoms in total. The van der Waals surface area contributed by atoms with E-state index in [1.807, 2.05) is 0 Å². The normalized spacial score (nSPS) is 14.1. The lowest BCUT2D eigenvalue weighted by Crippen LogP contribution is -2.27. The molecule has 34 heavy (non-hydrogen) atoms. The van der Waals surface area contributed by atoms with Gasteiger partial charge in [-0.2, -0.15) is 0 Å². The summed E-state index contributed by atoms with van der Waals surface area (Å²) in [6.07, 6.45) is -0.308. The Bertz CT molecular complexity index is 1240. The molecule has 4 N–H and O–H groups in total. The first-order valence-corrected chi connectivity index (χ1v) is 10.2. The van der Waals surface area contributed by atoms with Crippen molar-refractivity contribution >= 4 is 28.5 Å². The molecule has 0 aliphatic carbocycles. The van der Waals surface area contributed by atoms with Gasteiger partial charge in [-0.05, 0) is 29.7 Å². The number of hydrogen-bond donors (Lipinski definition) is 4. The third-order valence-electron chi connectivity index (χ3n) is 5.21. The summed E-state index contributed by atoms with van der Waals surface area (Å²) in [7, 11) is 1.39. The van der Waals surface area contributed by atoms with Crippen molar-refractivity contribution in [1.29, 1.82) is 0 Å². The molecule has 0 fully saturated rings. The summed E-state index contributed by atoms with van der Waals surface area (Å²) >= 11 is 0. The van der Waals surface area contributed by atoms with Crippen LogP contribution in [0.1, 0.15) is 11.7 Å². The molecule has 0 radical (unpaired) electrons. The zero-order valence-electron chi connectivity index (χ0n) is 18.1. The average Bonchev–Trinajstić information content (AvgIpc) is 3.32. The van der Waals surface area contributed by atoms with Gasteiger partial charge < -0.3 is 24.1 Å². The molecule has 1 aliphatic heterocycles. The molecule has 0 spiro atoms. The molecule has 2 atom stereocenters. The Morgan fingerprint density at radius 3 is 2.59 bits per heavy atom. The molecular formula is C24H22N2O8. The summed E-state index contributed by atoms with van der Waals surface area (Å²) < 4.78 is 21.8. The van der Waals surface area contributed by atoms with E-state index in [9.17, 15) is 14.7 Å². The minimum atomic E-state index is -1.02. The molecule has 0 aromatic heterocycles. The molecule has 3 aromatic carbocycles. The summed E-state index contributed by atoms with van der Waals surface area (Å²) in [5, 5.41) is 22.9. The van der Waals surface area contributed by atoms with Crippen molar-refractivity contribution in [3.05, 3.63) is 72.3 Å². The minimum Gasteiger partial charge on any atom is -0.507 e. The number of benzene rings is 3. The van der Waals surface area contributed by atoms with Gasteiger partial charge >= 0.3 is 6.09 Å². The van der Waals surface area contributed by atoms with E-state index in [1.54, 1.807) is 48.5 Å². The molecule has 1 heterocycles. The first kappa shape index (κ1) is 22.9. The third-order valence-corrected chi connectivity index (χ3v) is 5.21. The number of amides is 2. The number of ether oxygens (including phenoxy) is 4. The summed E-state index contributed by atoms with van der Waals surface area (Å²) in [5.74, 6) is 0.346. The smallest absolute Gasteiger partial charge is 0.412 e. The fraction of sp³-hybridized carbons (Fsp3) is 0.167. The third kappa shape index (κ3) is 4.87. The van der Waals surface area contributed by atoms with Crippen LogP contribution in [0.3, 0.4) is 0 Å². The van der Waals surface area contributed by atoms with E-state index in [2.05, 4.69) is 5.32 Å². The Balaban J connectivity index is 1.66. The van der Waals surface area contributed by atoms with Crippen molar-refractivity contribution in [2.75, 3.05) is 19.2 Å². The van der Waals surface area contributed by atoms with Crippen molar-refractivity contribution in [2.45, 2.75) is 12.2 Å². The van der Waals surface area contributed by atoms with Gasteiger partial charge in [-0.15, -0.1) is 0 Å². The van der Waals surface area contributed by atoms with Gasteiger partial charge in [0.05, 0.1) is 0 Å². The first-order chi connectivity index (χ1) is 16.5. The van der Waals surface area contributed by atoms with Gasteiger partial charge in [0.2, 0.25) is 6.79 Å². The molecule has 0 saturated carbocycles.